The van der Waals surface area contributed by atoms with Crippen molar-refractivity contribution in [2.45, 2.75) is 0 Å². The zero-order valence-corrected chi connectivity index (χ0v) is 30.8. The van der Waals surface area contributed by atoms with Gasteiger partial charge in [0.15, 0.2) is 0 Å². The molecule has 7 heteroatoms. The van der Waals surface area contributed by atoms with Gasteiger partial charge in [-0.15, -0.1) is 5.10 Å². The number of hydrogen-bond acceptors (Lipinski definition) is 6. The van der Waals surface area contributed by atoms with Gasteiger partial charge in [0.05, 0.1) is 57.4 Å². The summed E-state index contributed by atoms with van der Waals surface area (Å²) >= 11 is 0. The van der Waals surface area contributed by atoms with Crippen LogP contribution >= 0.6 is 0 Å². The fraction of sp³-hybridized carbons (Fsp3) is 0. The molecule has 0 bridgehead atoms. The van der Waals surface area contributed by atoms with Crippen LogP contribution in [0.15, 0.2) is 212 Å². The maximum Gasteiger partial charge on any atom is 0.113 e. The van der Waals surface area contributed by atoms with E-state index in [1.54, 1.807) is 0 Å². The maximum absolute atomic E-state index is 4.61. The van der Waals surface area contributed by atoms with E-state index in [9.17, 15) is 0 Å². The Hall–Kier alpha value is -7.90. The van der Waals surface area contributed by atoms with E-state index in [1.165, 1.54) is 0 Å². The summed E-state index contributed by atoms with van der Waals surface area (Å²) in [6.45, 7) is 0. The lowest BCUT2D eigenvalue weighted by molar-refractivity contribution is 0.804. The van der Waals surface area contributed by atoms with Crippen molar-refractivity contribution in [3.63, 3.8) is 0 Å². The fourth-order valence-corrected chi connectivity index (χ4v) is 8.21. The maximum atomic E-state index is 4.61. The highest BCUT2D eigenvalue weighted by Gasteiger charge is 2.31. The van der Waals surface area contributed by atoms with Crippen LogP contribution in [0.2, 0.25) is 0 Å². The summed E-state index contributed by atoms with van der Waals surface area (Å²) in [6.07, 6.45) is 2.00. The van der Waals surface area contributed by atoms with Gasteiger partial charge in [-0.05, 0) is 109 Å². The SMILES string of the molecule is c1ccc(N2c3ccccc3N(c3ccc(-c4cn(-c5ccc(N6c7ccccc7N(c7ccccc7)c7ccccc76)cc5)nn4)cc3)c3ccccc32)cc1. The monoisotopic (exact) mass is 733 g/mol. The van der Waals surface area contributed by atoms with Gasteiger partial charge >= 0.3 is 0 Å². The Morgan fingerprint density at radius 3 is 0.895 bits per heavy atom. The van der Waals surface area contributed by atoms with Crippen molar-refractivity contribution in [3.8, 4) is 16.9 Å². The number of hydrogen-bond donors (Lipinski definition) is 0. The molecular formula is C50H35N7. The predicted octanol–water partition coefficient (Wildman–Crippen LogP) is 13.4. The average molecular weight is 734 g/mol. The lowest BCUT2D eigenvalue weighted by Gasteiger charge is -2.40. The van der Waals surface area contributed by atoms with Crippen molar-refractivity contribution in [2.24, 2.45) is 0 Å². The minimum atomic E-state index is 0.806. The van der Waals surface area contributed by atoms with E-state index < -0.39 is 0 Å². The van der Waals surface area contributed by atoms with Crippen LogP contribution in [0, 0.1) is 0 Å². The Kier molecular flexibility index (Phi) is 7.67. The van der Waals surface area contributed by atoms with Gasteiger partial charge in [0, 0.05) is 28.3 Å². The molecule has 0 atom stereocenters. The van der Waals surface area contributed by atoms with Gasteiger partial charge in [0.25, 0.3) is 0 Å². The smallest absolute Gasteiger partial charge is 0.113 e. The molecule has 2 aliphatic heterocycles. The molecule has 9 aromatic rings. The topological polar surface area (TPSA) is 43.7 Å². The van der Waals surface area contributed by atoms with Crippen LogP contribution in [0.4, 0.5) is 68.2 Å². The van der Waals surface area contributed by atoms with Gasteiger partial charge < -0.3 is 19.6 Å². The van der Waals surface area contributed by atoms with Crippen LogP contribution in [0.3, 0.4) is 0 Å². The molecule has 0 amide bonds. The van der Waals surface area contributed by atoms with Gasteiger partial charge in [0.1, 0.15) is 5.69 Å². The molecule has 0 saturated heterocycles. The highest BCUT2D eigenvalue weighted by molar-refractivity contribution is 6.02. The number of anilines is 12. The number of rotatable bonds is 6. The molecule has 1 aromatic heterocycles. The van der Waals surface area contributed by atoms with Crippen LogP contribution < -0.4 is 19.6 Å². The van der Waals surface area contributed by atoms with Crippen molar-refractivity contribution < 1.29 is 0 Å². The van der Waals surface area contributed by atoms with E-state index in [0.717, 1.165) is 85.2 Å². The highest BCUT2D eigenvalue weighted by atomic mass is 15.4. The molecule has 0 radical (unpaired) electrons. The molecule has 0 unspecified atom stereocenters. The lowest BCUT2D eigenvalue weighted by atomic mass is 10.0. The molecule has 0 fully saturated rings. The molecule has 57 heavy (non-hydrogen) atoms. The third kappa shape index (κ3) is 5.44. The van der Waals surface area contributed by atoms with E-state index in [2.05, 4.69) is 236 Å². The molecule has 0 spiro atoms. The summed E-state index contributed by atoms with van der Waals surface area (Å²) in [5, 5.41) is 9.17. The van der Waals surface area contributed by atoms with E-state index in [0.29, 0.717) is 0 Å². The zero-order chi connectivity index (χ0) is 37.7. The first-order valence-corrected chi connectivity index (χ1v) is 19.1. The molecular weight excluding hydrogens is 699 g/mol. The zero-order valence-electron chi connectivity index (χ0n) is 30.8. The summed E-state index contributed by atoms with van der Waals surface area (Å²) in [5.41, 5.74) is 16.1. The summed E-state index contributed by atoms with van der Waals surface area (Å²) in [5.74, 6) is 0. The van der Waals surface area contributed by atoms with Crippen LogP contribution in [-0.2, 0) is 0 Å². The van der Waals surface area contributed by atoms with Gasteiger partial charge in [-0.3, -0.25) is 0 Å². The van der Waals surface area contributed by atoms with Crippen molar-refractivity contribution >= 4 is 68.2 Å². The number of benzene rings is 8. The number of para-hydroxylation sites is 10. The second kappa shape index (κ2) is 13.4. The lowest BCUT2D eigenvalue weighted by Crippen LogP contribution is -2.23. The minimum Gasteiger partial charge on any atom is -0.306 e. The van der Waals surface area contributed by atoms with E-state index >= 15 is 0 Å². The Bertz CT molecular complexity index is 2580. The Labute approximate surface area is 331 Å². The standard InChI is InChI=1S/C50H35N7/c1-3-15-38(16-4-1)54-43-19-7-11-23-47(43)56(48-24-12-8-20-44(48)54)40-29-27-36(28-30-40)42-35-53(52-51-42)37-31-33-41(34-32-37)57-49-25-13-9-21-45(49)55(39-17-5-2-6-18-39)46-22-10-14-26-50(46)57/h1-35H. The molecule has 0 N–H and O–H groups in total. The largest absolute Gasteiger partial charge is 0.306 e. The van der Waals surface area contributed by atoms with E-state index in [4.69, 9.17) is 0 Å². The van der Waals surface area contributed by atoms with Gasteiger partial charge in [0.2, 0.25) is 0 Å². The number of aromatic nitrogens is 3. The van der Waals surface area contributed by atoms with Crippen LogP contribution in [0.25, 0.3) is 16.9 Å². The first kappa shape index (κ1) is 32.5. The summed E-state index contributed by atoms with van der Waals surface area (Å²) in [7, 11) is 0. The average Bonchev–Trinajstić information content (AvgIpc) is 3.79. The van der Waals surface area contributed by atoms with Crippen LogP contribution in [-0.4, -0.2) is 15.0 Å². The summed E-state index contributed by atoms with van der Waals surface area (Å²) in [6, 6.07) is 72.5. The van der Waals surface area contributed by atoms with E-state index in [-0.39, 0.29) is 0 Å². The molecule has 3 heterocycles. The highest BCUT2D eigenvalue weighted by Crippen LogP contribution is 2.55. The predicted molar refractivity (Wildman–Crippen MR) is 233 cm³/mol. The fourth-order valence-electron chi connectivity index (χ4n) is 8.21. The van der Waals surface area contributed by atoms with Crippen molar-refractivity contribution in [1.82, 2.24) is 15.0 Å². The van der Waals surface area contributed by atoms with Crippen LogP contribution in [0.1, 0.15) is 0 Å². The normalized spacial score (nSPS) is 12.8. The number of fused-ring (bicyclic) bond motifs is 4. The van der Waals surface area contributed by atoms with Gasteiger partial charge in [-0.2, -0.15) is 0 Å². The molecule has 270 valence electrons. The molecule has 2 aliphatic rings. The summed E-state index contributed by atoms with van der Waals surface area (Å²) < 4.78 is 1.84. The van der Waals surface area contributed by atoms with Crippen molar-refractivity contribution in [2.75, 3.05) is 19.6 Å². The third-order valence-corrected chi connectivity index (χ3v) is 10.8. The molecule has 7 nitrogen and oxygen atoms in total. The second-order valence-corrected chi connectivity index (χ2v) is 14.1. The Balaban J connectivity index is 0.889. The number of nitrogens with zero attached hydrogens (tertiary/aromatic N) is 7. The molecule has 0 saturated carbocycles. The van der Waals surface area contributed by atoms with Gasteiger partial charge in [-0.1, -0.05) is 102 Å². The first-order chi connectivity index (χ1) is 28.3. The Morgan fingerprint density at radius 2 is 0.544 bits per heavy atom. The van der Waals surface area contributed by atoms with Crippen molar-refractivity contribution in [3.05, 3.63) is 212 Å². The third-order valence-electron chi connectivity index (χ3n) is 10.8. The van der Waals surface area contributed by atoms with Crippen LogP contribution in [0.5, 0.6) is 0 Å². The van der Waals surface area contributed by atoms with Crippen molar-refractivity contribution in [1.29, 1.82) is 0 Å². The van der Waals surface area contributed by atoms with E-state index in [1.807, 2.05) is 10.9 Å². The molecule has 0 aliphatic carbocycles. The molecule has 11 rings (SSSR count). The summed E-state index contributed by atoms with van der Waals surface area (Å²) in [4.78, 5) is 9.35. The minimum absolute atomic E-state index is 0.806. The molecule has 8 aromatic carbocycles. The second-order valence-electron chi connectivity index (χ2n) is 14.1. The first-order valence-electron chi connectivity index (χ1n) is 19.1. The van der Waals surface area contributed by atoms with Gasteiger partial charge in [-0.25, -0.2) is 4.68 Å². The Morgan fingerprint density at radius 1 is 0.263 bits per heavy atom. The quantitative estimate of drug-likeness (QED) is 0.170.